The number of imidazole rings is 1. The van der Waals surface area contributed by atoms with E-state index in [1.165, 1.54) is 31.6 Å². The maximum absolute atomic E-state index is 5.78. The number of anilines is 1. The molecule has 1 saturated heterocycles. The standard InChI is InChI=1S/C14H23N5S/c1-17-7-4-11(5-8-17)18(2)13-12(3-6-15)19-9-10-20-14(19)16-13/h9-11H,3-8,15H2,1-2H3. The summed E-state index contributed by atoms with van der Waals surface area (Å²) in [6.45, 7) is 3.00. The first kappa shape index (κ1) is 13.9. The molecule has 1 aliphatic heterocycles. The van der Waals surface area contributed by atoms with Crippen molar-refractivity contribution in [3.05, 3.63) is 17.3 Å². The van der Waals surface area contributed by atoms with Crippen LogP contribution in [0.3, 0.4) is 0 Å². The lowest BCUT2D eigenvalue weighted by Crippen LogP contribution is -2.42. The molecule has 0 amide bonds. The summed E-state index contributed by atoms with van der Waals surface area (Å²) < 4.78 is 2.19. The molecule has 3 heterocycles. The van der Waals surface area contributed by atoms with Crippen molar-refractivity contribution in [2.75, 3.05) is 38.6 Å². The van der Waals surface area contributed by atoms with Gasteiger partial charge in [0.1, 0.15) is 0 Å². The van der Waals surface area contributed by atoms with Gasteiger partial charge in [0.05, 0.1) is 5.69 Å². The fourth-order valence-electron chi connectivity index (χ4n) is 3.03. The average Bonchev–Trinajstić information content (AvgIpc) is 3.02. The zero-order chi connectivity index (χ0) is 14.1. The summed E-state index contributed by atoms with van der Waals surface area (Å²) in [6.07, 6.45) is 5.40. The van der Waals surface area contributed by atoms with Crippen LogP contribution in [-0.2, 0) is 6.42 Å². The van der Waals surface area contributed by atoms with Crippen LogP contribution in [0.5, 0.6) is 0 Å². The van der Waals surface area contributed by atoms with E-state index in [4.69, 9.17) is 10.7 Å². The highest BCUT2D eigenvalue weighted by Crippen LogP contribution is 2.28. The van der Waals surface area contributed by atoms with Crippen molar-refractivity contribution in [3.8, 4) is 0 Å². The molecule has 0 aliphatic carbocycles. The zero-order valence-corrected chi connectivity index (χ0v) is 13.1. The Kier molecular flexibility index (Phi) is 3.96. The van der Waals surface area contributed by atoms with Crippen molar-refractivity contribution in [2.45, 2.75) is 25.3 Å². The van der Waals surface area contributed by atoms with Crippen molar-refractivity contribution in [2.24, 2.45) is 5.73 Å². The van der Waals surface area contributed by atoms with Crippen LogP contribution >= 0.6 is 11.3 Å². The molecule has 2 N–H and O–H groups in total. The first-order valence-corrected chi connectivity index (χ1v) is 8.14. The van der Waals surface area contributed by atoms with Gasteiger partial charge in [-0.15, -0.1) is 11.3 Å². The van der Waals surface area contributed by atoms with Crippen molar-refractivity contribution in [1.29, 1.82) is 0 Å². The summed E-state index contributed by atoms with van der Waals surface area (Å²) in [5.41, 5.74) is 7.04. The average molecular weight is 293 g/mol. The van der Waals surface area contributed by atoms with Crippen LogP contribution in [0.15, 0.2) is 11.6 Å². The van der Waals surface area contributed by atoms with Gasteiger partial charge in [-0.3, -0.25) is 4.40 Å². The van der Waals surface area contributed by atoms with E-state index >= 15 is 0 Å². The van der Waals surface area contributed by atoms with Crippen LogP contribution in [0.2, 0.25) is 0 Å². The maximum Gasteiger partial charge on any atom is 0.195 e. The summed E-state index contributed by atoms with van der Waals surface area (Å²) in [5, 5.41) is 2.09. The predicted molar refractivity (Wildman–Crippen MR) is 84.7 cm³/mol. The van der Waals surface area contributed by atoms with Crippen molar-refractivity contribution < 1.29 is 0 Å². The second-order valence-electron chi connectivity index (χ2n) is 5.62. The molecular weight excluding hydrogens is 270 g/mol. The smallest absolute Gasteiger partial charge is 0.195 e. The lowest BCUT2D eigenvalue weighted by molar-refractivity contribution is 0.252. The van der Waals surface area contributed by atoms with Gasteiger partial charge in [0.2, 0.25) is 0 Å². The topological polar surface area (TPSA) is 49.8 Å². The predicted octanol–water partition coefficient (Wildman–Crippen LogP) is 1.43. The lowest BCUT2D eigenvalue weighted by atomic mass is 10.0. The van der Waals surface area contributed by atoms with Gasteiger partial charge in [0.25, 0.3) is 0 Å². The first-order valence-electron chi connectivity index (χ1n) is 7.26. The highest BCUT2D eigenvalue weighted by molar-refractivity contribution is 7.15. The Morgan fingerprint density at radius 2 is 2.20 bits per heavy atom. The molecule has 0 spiro atoms. The second kappa shape index (κ2) is 5.71. The van der Waals surface area contributed by atoms with E-state index in [0.717, 1.165) is 17.2 Å². The first-order chi connectivity index (χ1) is 9.70. The van der Waals surface area contributed by atoms with Crippen LogP contribution in [-0.4, -0.2) is 54.1 Å². The summed E-state index contributed by atoms with van der Waals surface area (Å²) in [6, 6.07) is 0.590. The van der Waals surface area contributed by atoms with E-state index in [1.54, 1.807) is 11.3 Å². The van der Waals surface area contributed by atoms with Gasteiger partial charge in [-0.1, -0.05) is 0 Å². The number of likely N-dealkylation sites (tertiary alicyclic amines) is 1. The quantitative estimate of drug-likeness (QED) is 0.926. The Balaban J connectivity index is 1.88. The molecule has 0 saturated carbocycles. The maximum atomic E-state index is 5.78. The molecule has 0 atom stereocenters. The fourth-order valence-corrected chi connectivity index (χ4v) is 3.76. The third-order valence-electron chi connectivity index (χ3n) is 4.29. The number of hydrogen-bond donors (Lipinski definition) is 1. The molecule has 20 heavy (non-hydrogen) atoms. The Hall–Kier alpha value is -1.11. The van der Waals surface area contributed by atoms with Crippen LogP contribution in [0.25, 0.3) is 4.96 Å². The highest BCUT2D eigenvalue weighted by atomic mass is 32.1. The number of aromatic nitrogens is 2. The molecule has 2 aromatic rings. The fraction of sp³-hybridized carbons (Fsp3) is 0.643. The normalized spacial score (nSPS) is 17.9. The van der Waals surface area contributed by atoms with Gasteiger partial charge in [-0.05, 0) is 39.5 Å². The number of thiazole rings is 1. The van der Waals surface area contributed by atoms with Crippen LogP contribution in [0, 0.1) is 0 Å². The molecule has 110 valence electrons. The molecule has 0 radical (unpaired) electrons. The highest BCUT2D eigenvalue weighted by Gasteiger charge is 2.25. The Labute approximate surface area is 124 Å². The summed E-state index contributed by atoms with van der Waals surface area (Å²) in [4.78, 5) is 10.7. The minimum atomic E-state index is 0.590. The Bertz CT molecular complexity index is 567. The second-order valence-corrected chi connectivity index (χ2v) is 6.49. The molecular formula is C14H23N5S. The number of fused-ring (bicyclic) bond motifs is 1. The van der Waals surface area contributed by atoms with E-state index < -0.39 is 0 Å². The molecule has 2 aromatic heterocycles. The van der Waals surface area contributed by atoms with Gasteiger partial charge < -0.3 is 15.5 Å². The molecule has 1 fully saturated rings. The molecule has 0 aromatic carbocycles. The number of hydrogen-bond acceptors (Lipinski definition) is 5. The SMILES string of the molecule is CN1CCC(N(C)c2nc3sccn3c2CCN)CC1. The molecule has 3 rings (SSSR count). The van der Waals surface area contributed by atoms with Crippen LogP contribution in [0.4, 0.5) is 5.82 Å². The molecule has 5 nitrogen and oxygen atoms in total. The van der Waals surface area contributed by atoms with E-state index in [2.05, 4.69) is 39.9 Å². The van der Waals surface area contributed by atoms with Gasteiger partial charge >= 0.3 is 0 Å². The van der Waals surface area contributed by atoms with Crippen LogP contribution in [0.1, 0.15) is 18.5 Å². The zero-order valence-electron chi connectivity index (χ0n) is 12.2. The van der Waals surface area contributed by atoms with E-state index in [9.17, 15) is 0 Å². The Morgan fingerprint density at radius 3 is 2.90 bits per heavy atom. The number of nitrogens with two attached hydrogens (primary N) is 1. The largest absolute Gasteiger partial charge is 0.355 e. The monoisotopic (exact) mass is 293 g/mol. The van der Waals surface area contributed by atoms with E-state index in [0.29, 0.717) is 12.6 Å². The Morgan fingerprint density at radius 1 is 1.45 bits per heavy atom. The minimum Gasteiger partial charge on any atom is -0.355 e. The summed E-state index contributed by atoms with van der Waals surface area (Å²) in [7, 11) is 4.38. The van der Waals surface area contributed by atoms with Gasteiger partial charge in [-0.2, -0.15) is 0 Å². The molecule has 0 bridgehead atoms. The number of rotatable bonds is 4. The van der Waals surface area contributed by atoms with Gasteiger partial charge in [0.15, 0.2) is 10.8 Å². The van der Waals surface area contributed by atoms with Crippen molar-refractivity contribution >= 4 is 22.1 Å². The van der Waals surface area contributed by atoms with Gasteiger partial charge in [0, 0.05) is 31.1 Å². The number of nitrogens with zero attached hydrogens (tertiary/aromatic N) is 4. The summed E-state index contributed by atoms with van der Waals surface area (Å²) >= 11 is 1.69. The molecule has 6 heteroatoms. The van der Waals surface area contributed by atoms with Gasteiger partial charge in [-0.25, -0.2) is 4.98 Å². The van der Waals surface area contributed by atoms with Crippen molar-refractivity contribution in [3.63, 3.8) is 0 Å². The lowest BCUT2D eigenvalue weighted by Gasteiger charge is -2.35. The molecule has 0 unspecified atom stereocenters. The van der Waals surface area contributed by atoms with Crippen LogP contribution < -0.4 is 10.6 Å². The van der Waals surface area contributed by atoms with E-state index in [-0.39, 0.29) is 0 Å². The molecule has 1 aliphatic rings. The summed E-state index contributed by atoms with van der Waals surface area (Å²) in [5.74, 6) is 1.12. The minimum absolute atomic E-state index is 0.590. The van der Waals surface area contributed by atoms with Crippen molar-refractivity contribution in [1.82, 2.24) is 14.3 Å². The third-order valence-corrected chi connectivity index (χ3v) is 5.05. The number of piperidine rings is 1. The third kappa shape index (κ3) is 2.43. The van der Waals surface area contributed by atoms with E-state index in [1.807, 2.05) is 0 Å².